The molecule has 6 heteroatoms. The number of aryl methyl sites for hydroxylation is 1. The number of hydrogen-bond acceptors (Lipinski definition) is 4. The van der Waals surface area contributed by atoms with Gasteiger partial charge in [-0.3, -0.25) is 4.79 Å². The maximum atomic E-state index is 12.4. The Bertz CT molecular complexity index is 926. The van der Waals surface area contributed by atoms with Crippen LogP contribution in [0.15, 0.2) is 53.1 Å². The lowest BCUT2D eigenvalue weighted by molar-refractivity contribution is -0.914. The Morgan fingerprint density at radius 1 is 1.14 bits per heavy atom. The maximum Gasteiger partial charge on any atom is 0.291 e. The highest BCUT2D eigenvalue weighted by Crippen LogP contribution is 2.32. The summed E-state index contributed by atoms with van der Waals surface area (Å²) in [5.74, 6) is 0.162. The highest BCUT2D eigenvalue weighted by atomic mass is 32.1. The summed E-state index contributed by atoms with van der Waals surface area (Å²) >= 11 is 1.66. The Balaban J connectivity index is 1.43. The second-order valence-corrected chi connectivity index (χ2v) is 8.50. The first-order valence-electron chi connectivity index (χ1n) is 9.69. The zero-order chi connectivity index (χ0) is 19.5. The first-order chi connectivity index (χ1) is 13.6. The Labute approximate surface area is 169 Å². The molecule has 3 aromatic rings. The van der Waals surface area contributed by atoms with E-state index in [2.05, 4.69) is 54.4 Å². The molecule has 0 spiro atoms. The van der Waals surface area contributed by atoms with Gasteiger partial charge in [0.2, 0.25) is 0 Å². The highest BCUT2D eigenvalue weighted by molar-refractivity contribution is 7.16. The number of quaternary nitrogens is 1. The average molecular weight is 397 g/mol. The molecule has 0 radical (unpaired) electrons. The molecule has 0 aliphatic carbocycles. The number of piperazine rings is 1. The molecule has 5 nitrogen and oxygen atoms in total. The van der Waals surface area contributed by atoms with Gasteiger partial charge >= 0.3 is 0 Å². The van der Waals surface area contributed by atoms with Crippen LogP contribution >= 0.6 is 11.3 Å². The van der Waals surface area contributed by atoms with Gasteiger partial charge in [-0.2, -0.15) is 0 Å². The lowest BCUT2D eigenvalue weighted by atomic mass is 10.1. The van der Waals surface area contributed by atoms with E-state index >= 15 is 0 Å². The first-order valence-corrected chi connectivity index (χ1v) is 10.5. The van der Waals surface area contributed by atoms with Gasteiger partial charge in [-0.1, -0.05) is 18.2 Å². The molecule has 0 saturated carbocycles. The molecule has 28 heavy (non-hydrogen) atoms. The number of nitrogens with one attached hydrogen (secondary N) is 2. The third-order valence-electron chi connectivity index (χ3n) is 5.50. The molecule has 0 atom stereocenters. The summed E-state index contributed by atoms with van der Waals surface area (Å²) in [6.07, 6.45) is 1.52. The molecule has 1 aliphatic heterocycles. The summed E-state index contributed by atoms with van der Waals surface area (Å²) in [5, 5.41) is 4.01. The monoisotopic (exact) mass is 396 g/mol. The third-order valence-corrected chi connectivity index (χ3v) is 6.67. The number of nitrogens with zero attached hydrogens (tertiary/aromatic N) is 1. The van der Waals surface area contributed by atoms with Crippen LogP contribution in [0.25, 0.3) is 0 Å². The number of benzene rings is 1. The zero-order valence-corrected chi connectivity index (χ0v) is 17.1. The molecule has 3 heterocycles. The van der Waals surface area contributed by atoms with E-state index in [1.165, 1.54) is 28.0 Å². The van der Waals surface area contributed by atoms with Crippen molar-refractivity contribution in [2.24, 2.45) is 0 Å². The van der Waals surface area contributed by atoms with Crippen molar-refractivity contribution in [3.63, 3.8) is 0 Å². The molecule has 146 valence electrons. The van der Waals surface area contributed by atoms with Crippen LogP contribution in [-0.4, -0.2) is 32.1 Å². The van der Waals surface area contributed by atoms with Crippen LogP contribution in [0, 0.1) is 13.8 Å². The van der Waals surface area contributed by atoms with E-state index < -0.39 is 0 Å². The fourth-order valence-electron chi connectivity index (χ4n) is 3.71. The van der Waals surface area contributed by atoms with Gasteiger partial charge in [0.25, 0.3) is 5.91 Å². The van der Waals surface area contributed by atoms with Crippen molar-refractivity contribution in [1.29, 1.82) is 0 Å². The fourth-order valence-corrected chi connectivity index (χ4v) is 4.78. The quantitative estimate of drug-likeness (QED) is 0.697. The van der Waals surface area contributed by atoms with Gasteiger partial charge in [-0.25, -0.2) is 0 Å². The van der Waals surface area contributed by atoms with Crippen LogP contribution in [0.2, 0.25) is 0 Å². The number of thiophene rings is 1. The molecule has 0 unspecified atom stereocenters. The van der Waals surface area contributed by atoms with Crippen LogP contribution < -0.4 is 15.1 Å². The SMILES string of the molecule is Cc1sc(NC(=O)c2ccco2)c(C[NH+]2CCN(c3ccccc3)CC2)c1C. The van der Waals surface area contributed by atoms with Crippen LogP contribution in [0.5, 0.6) is 0 Å². The van der Waals surface area contributed by atoms with Crippen molar-refractivity contribution >= 4 is 27.9 Å². The molecular weight excluding hydrogens is 370 g/mol. The van der Waals surface area contributed by atoms with Gasteiger partial charge < -0.3 is 19.5 Å². The van der Waals surface area contributed by atoms with Gasteiger partial charge in [0.05, 0.1) is 32.4 Å². The van der Waals surface area contributed by atoms with E-state index in [0.29, 0.717) is 5.76 Å². The number of rotatable bonds is 5. The zero-order valence-electron chi connectivity index (χ0n) is 16.3. The van der Waals surface area contributed by atoms with E-state index in [0.717, 1.165) is 37.7 Å². The van der Waals surface area contributed by atoms with Crippen LogP contribution in [0.3, 0.4) is 0 Å². The number of carbonyl (C=O) groups excluding carboxylic acids is 1. The van der Waals surface area contributed by atoms with E-state index in [-0.39, 0.29) is 5.91 Å². The normalized spacial score (nSPS) is 15.0. The van der Waals surface area contributed by atoms with Crippen molar-refractivity contribution in [2.45, 2.75) is 20.4 Å². The smallest absolute Gasteiger partial charge is 0.291 e. The number of hydrogen-bond donors (Lipinski definition) is 2. The number of carbonyl (C=O) groups is 1. The van der Waals surface area contributed by atoms with Crippen molar-refractivity contribution in [1.82, 2.24) is 0 Å². The van der Waals surface area contributed by atoms with E-state index in [1.54, 1.807) is 28.4 Å². The molecule has 2 aromatic heterocycles. The Morgan fingerprint density at radius 2 is 1.89 bits per heavy atom. The number of anilines is 2. The van der Waals surface area contributed by atoms with Gasteiger partial charge in [0.15, 0.2) is 5.76 Å². The number of furan rings is 1. The Kier molecular flexibility index (Phi) is 5.50. The number of amides is 1. The van der Waals surface area contributed by atoms with E-state index in [1.807, 2.05) is 0 Å². The molecule has 4 rings (SSSR count). The Morgan fingerprint density at radius 3 is 2.57 bits per heavy atom. The lowest BCUT2D eigenvalue weighted by Crippen LogP contribution is -3.13. The van der Waals surface area contributed by atoms with Gasteiger partial charge in [0, 0.05) is 16.1 Å². The van der Waals surface area contributed by atoms with Gasteiger partial charge in [-0.15, -0.1) is 11.3 Å². The van der Waals surface area contributed by atoms with E-state index in [9.17, 15) is 4.79 Å². The second-order valence-electron chi connectivity index (χ2n) is 7.27. The first kappa shape index (κ1) is 18.8. The molecule has 1 aliphatic rings. The summed E-state index contributed by atoms with van der Waals surface area (Å²) in [6, 6.07) is 14.0. The molecule has 0 bridgehead atoms. The third kappa shape index (κ3) is 3.98. The van der Waals surface area contributed by atoms with Crippen molar-refractivity contribution < 1.29 is 14.1 Å². The molecule has 1 aromatic carbocycles. The predicted octanol–water partition coefficient (Wildman–Crippen LogP) is 3.12. The standard InChI is InChI=1S/C22H25N3O2S/c1-16-17(2)28-22(23-21(26)20-9-6-14-27-20)19(16)15-24-10-12-25(13-11-24)18-7-4-3-5-8-18/h3-9,14H,10-13,15H2,1-2H3,(H,23,26)/p+1. The summed E-state index contributed by atoms with van der Waals surface area (Å²) in [4.78, 5) is 17.7. The second kappa shape index (κ2) is 8.20. The van der Waals surface area contributed by atoms with Gasteiger partial charge in [-0.05, 0) is 43.7 Å². The van der Waals surface area contributed by atoms with Crippen LogP contribution in [0.4, 0.5) is 10.7 Å². The predicted molar refractivity (Wildman–Crippen MR) is 114 cm³/mol. The molecule has 1 amide bonds. The van der Waals surface area contributed by atoms with Gasteiger partial charge in [0.1, 0.15) is 11.5 Å². The summed E-state index contributed by atoms with van der Waals surface area (Å²) in [7, 11) is 0. The number of para-hydroxylation sites is 1. The summed E-state index contributed by atoms with van der Waals surface area (Å²) in [6.45, 7) is 9.50. The van der Waals surface area contributed by atoms with E-state index in [4.69, 9.17) is 4.42 Å². The largest absolute Gasteiger partial charge is 0.459 e. The molecule has 1 saturated heterocycles. The van der Waals surface area contributed by atoms with Crippen LogP contribution in [0.1, 0.15) is 26.6 Å². The summed E-state index contributed by atoms with van der Waals surface area (Å²) < 4.78 is 5.23. The lowest BCUT2D eigenvalue weighted by Gasteiger charge is -2.33. The minimum atomic E-state index is -0.184. The van der Waals surface area contributed by atoms with Crippen molar-refractivity contribution in [2.75, 3.05) is 36.4 Å². The van der Waals surface area contributed by atoms with Crippen molar-refractivity contribution in [3.05, 3.63) is 70.5 Å². The highest BCUT2D eigenvalue weighted by Gasteiger charge is 2.24. The average Bonchev–Trinajstić information content (AvgIpc) is 3.34. The fraction of sp³-hybridized carbons (Fsp3) is 0.318. The molecule has 1 fully saturated rings. The maximum absolute atomic E-state index is 12.4. The molecule has 2 N–H and O–H groups in total. The minimum absolute atomic E-state index is 0.184. The minimum Gasteiger partial charge on any atom is -0.459 e. The molecular formula is C22H26N3O2S+. The topological polar surface area (TPSA) is 49.9 Å². The Hall–Kier alpha value is -2.57. The van der Waals surface area contributed by atoms with Crippen molar-refractivity contribution in [3.8, 4) is 0 Å². The van der Waals surface area contributed by atoms with Crippen LogP contribution in [-0.2, 0) is 6.54 Å². The summed E-state index contributed by atoms with van der Waals surface area (Å²) in [5.41, 5.74) is 3.85.